The van der Waals surface area contributed by atoms with Gasteiger partial charge >= 0.3 is 24.0 Å². The van der Waals surface area contributed by atoms with Gasteiger partial charge in [-0.2, -0.15) is 22.0 Å². The number of carboxylic acid groups (broad SMARTS) is 1. The Hall–Kier alpha value is -3.34. The monoisotopic (exact) mass is 636 g/mol. The van der Waals surface area contributed by atoms with E-state index in [-0.39, 0.29) is 37.6 Å². The van der Waals surface area contributed by atoms with Gasteiger partial charge in [0.25, 0.3) is 0 Å². The molecule has 1 aromatic rings. The molecule has 0 amide bonds. The first-order valence-electron chi connectivity index (χ1n) is 15.3. The van der Waals surface area contributed by atoms with Gasteiger partial charge in [-0.3, -0.25) is 14.4 Å². The lowest BCUT2D eigenvalue weighted by molar-refractivity contribution is -0.362. The predicted octanol–water partition coefficient (Wildman–Crippen LogP) is 7.18. The molecule has 45 heavy (non-hydrogen) atoms. The molecule has 4 aliphatic carbocycles. The first-order chi connectivity index (χ1) is 21.1. The number of hydrogen-bond donors (Lipinski definition) is 2. The molecule has 6 nitrogen and oxygen atoms in total. The number of rotatable bonds is 8. The van der Waals surface area contributed by atoms with Crippen LogP contribution in [0.4, 0.5) is 22.0 Å². The Labute approximate surface area is 258 Å². The molecule has 1 aromatic carbocycles. The largest absolute Gasteiger partial charge is 0.481 e. The molecule has 0 saturated heterocycles. The van der Waals surface area contributed by atoms with E-state index in [1.165, 1.54) is 13.0 Å². The van der Waals surface area contributed by atoms with Crippen LogP contribution < -0.4 is 0 Å². The van der Waals surface area contributed by atoms with Crippen LogP contribution in [-0.4, -0.2) is 52.2 Å². The van der Waals surface area contributed by atoms with Crippen molar-refractivity contribution in [3.8, 4) is 0 Å². The van der Waals surface area contributed by atoms with Gasteiger partial charge < -0.3 is 14.9 Å². The summed E-state index contributed by atoms with van der Waals surface area (Å²) in [6.07, 6.45) is -0.171. The van der Waals surface area contributed by atoms with Crippen molar-refractivity contribution in [3.05, 3.63) is 64.3 Å². The molecule has 2 N–H and O–H groups in total. The van der Waals surface area contributed by atoms with Gasteiger partial charge in [0.15, 0.2) is 11.7 Å². The Balaban J connectivity index is 1.52. The molecule has 0 spiro atoms. The van der Waals surface area contributed by atoms with Gasteiger partial charge in [0.05, 0.1) is 6.61 Å². The summed E-state index contributed by atoms with van der Waals surface area (Å²) in [5.41, 5.74) is -0.810. The molecule has 0 aromatic heterocycles. The van der Waals surface area contributed by atoms with Gasteiger partial charge in [-0.25, -0.2) is 0 Å². The number of carbonyl (C=O) groups is 3. The molecular weight excluding hydrogens is 599 g/mol. The highest BCUT2D eigenvalue weighted by atomic mass is 19.4. The topological polar surface area (TPSA) is 101 Å². The van der Waals surface area contributed by atoms with E-state index in [2.05, 4.69) is 0 Å². The predicted molar refractivity (Wildman–Crippen MR) is 154 cm³/mol. The lowest BCUT2D eigenvalue weighted by atomic mass is 9.50. The normalized spacial score (nSPS) is 30.8. The van der Waals surface area contributed by atoms with E-state index in [4.69, 9.17) is 4.74 Å². The van der Waals surface area contributed by atoms with E-state index >= 15 is 8.78 Å². The first kappa shape index (κ1) is 33.0. The summed E-state index contributed by atoms with van der Waals surface area (Å²) in [5, 5.41) is 20.8. The Kier molecular flexibility index (Phi) is 8.65. The minimum Gasteiger partial charge on any atom is -0.481 e. The molecule has 0 radical (unpaired) electrons. The van der Waals surface area contributed by atoms with Crippen molar-refractivity contribution in [3.63, 3.8) is 0 Å². The fraction of sp³-hybridized carbons (Fsp3) is 0.559. The summed E-state index contributed by atoms with van der Waals surface area (Å²) in [7, 11) is 0. The van der Waals surface area contributed by atoms with Crippen LogP contribution in [0.25, 0.3) is 6.08 Å². The molecule has 244 valence electrons. The third kappa shape index (κ3) is 5.44. The molecular formula is C34H37F5O6. The van der Waals surface area contributed by atoms with E-state index in [0.717, 1.165) is 16.7 Å². The van der Waals surface area contributed by atoms with Crippen molar-refractivity contribution in [2.45, 2.75) is 88.8 Å². The minimum absolute atomic E-state index is 0.00860. The molecule has 5 rings (SSSR count). The van der Waals surface area contributed by atoms with Gasteiger partial charge in [0, 0.05) is 17.8 Å². The Bertz CT molecular complexity index is 1460. The number of halogens is 5. The zero-order chi connectivity index (χ0) is 32.9. The number of carbonyl (C=O) groups excluding carboxylic acids is 2. The highest BCUT2D eigenvalue weighted by molar-refractivity contribution is 5.94. The van der Waals surface area contributed by atoms with E-state index in [0.29, 0.717) is 36.8 Å². The second kappa shape index (κ2) is 11.8. The van der Waals surface area contributed by atoms with Crippen LogP contribution in [0.1, 0.15) is 82.3 Å². The lowest BCUT2D eigenvalue weighted by Gasteiger charge is -2.56. The first-order valence-corrected chi connectivity index (χ1v) is 15.3. The molecule has 2 fully saturated rings. The van der Waals surface area contributed by atoms with Crippen LogP contribution in [0, 0.1) is 23.2 Å². The number of ether oxygens (including phenoxy) is 1. The van der Waals surface area contributed by atoms with E-state index in [9.17, 15) is 37.8 Å². The van der Waals surface area contributed by atoms with Crippen LogP contribution in [0.5, 0.6) is 0 Å². The number of aliphatic carboxylic acids is 1. The smallest absolute Gasteiger partial charge is 0.456 e. The second-order valence-corrected chi connectivity index (χ2v) is 12.9. The molecule has 6 atom stereocenters. The summed E-state index contributed by atoms with van der Waals surface area (Å²) in [4.78, 5) is 35.7. The molecule has 4 aliphatic rings. The van der Waals surface area contributed by atoms with Crippen molar-refractivity contribution in [2.75, 3.05) is 6.61 Å². The number of allylic oxidation sites excluding steroid dienone is 5. The average Bonchev–Trinajstić information content (AvgIpc) is 3.25. The van der Waals surface area contributed by atoms with E-state index in [1.807, 2.05) is 0 Å². The molecule has 0 bridgehead atoms. The summed E-state index contributed by atoms with van der Waals surface area (Å²) in [6, 6.07) is 6.99. The molecule has 1 unspecified atom stereocenters. The standard InChI is InChI=1S/C34H37F5O6/c1-3-45-30(43)25(29(41)42)6-4-5-19-7-9-20(10-8-19)26-18-31(2)27(15-16-32(31,44)33(35,36)34(37,38)39)24-13-11-21-17-22(40)12-14-23(21)28(24)26/h4-5,7-10,17,24-27,44H,3,6,11-16,18H2,1-2H3,(H,41,42)/t24-,25?,26+,27-,31-,32-/m0/s1. The van der Waals surface area contributed by atoms with Crippen molar-refractivity contribution in [1.82, 2.24) is 0 Å². The maximum atomic E-state index is 15.2. The maximum Gasteiger partial charge on any atom is 0.456 e. The van der Waals surface area contributed by atoms with Crippen molar-refractivity contribution in [1.29, 1.82) is 0 Å². The van der Waals surface area contributed by atoms with Gasteiger partial charge in [-0.15, -0.1) is 0 Å². The summed E-state index contributed by atoms with van der Waals surface area (Å²) >= 11 is 0. The van der Waals surface area contributed by atoms with Gasteiger partial charge in [0.2, 0.25) is 0 Å². The van der Waals surface area contributed by atoms with Gasteiger partial charge in [-0.05, 0) is 92.1 Å². The number of ketones is 1. The Morgan fingerprint density at radius 1 is 1.09 bits per heavy atom. The fourth-order valence-corrected chi connectivity index (χ4v) is 8.43. The number of alkyl halides is 5. The third-order valence-electron chi connectivity index (χ3n) is 10.7. The van der Waals surface area contributed by atoms with Crippen LogP contribution in [0.15, 0.2) is 53.1 Å². The van der Waals surface area contributed by atoms with Gasteiger partial charge in [-0.1, -0.05) is 48.9 Å². The third-order valence-corrected chi connectivity index (χ3v) is 10.7. The zero-order valence-electron chi connectivity index (χ0n) is 25.1. The molecule has 0 heterocycles. The number of fused-ring (bicyclic) bond motifs is 4. The van der Waals surface area contributed by atoms with Crippen molar-refractivity contribution in [2.24, 2.45) is 23.2 Å². The van der Waals surface area contributed by atoms with Crippen LogP contribution in [0.2, 0.25) is 0 Å². The van der Waals surface area contributed by atoms with Crippen molar-refractivity contribution < 1.29 is 51.3 Å². The Morgan fingerprint density at radius 2 is 1.78 bits per heavy atom. The quantitative estimate of drug-likeness (QED) is 0.178. The highest BCUT2D eigenvalue weighted by Gasteiger charge is 2.79. The number of aliphatic hydroxyl groups is 1. The molecule has 2 saturated carbocycles. The number of carboxylic acids is 1. The van der Waals surface area contributed by atoms with Crippen LogP contribution in [-0.2, 0) is 19.1 Å². The van der Waals surface area contributed by atoms with Crippen LogP contribution >= 0.6 is 0 Å². The van der Waals surface area contributed by atoms with Crippen molar-refractivity contribution >= 4 is 23.8 Å². The summed E-state index contributed by atoms with van der Waals surface area (Å²) in [6.45, 7) is 3.01. The zero-order valence-corrected chi connectivity index (χ0v) is 25.1. The highest BCUT2D eigenvalue weighted by Crippen LogP contribution is 2.70. The second-order valence-electron chi connectivity index (χ2n) is 12.9. The Morgan fingerprint density at radius 3 is 2.40 bits per heavy atom. The summed E-state index contributed by atoms with van der Waals surface area (Å²) < 4.78 is 76.5. The van der Waals surface area contributed by atoms with E-state index in [1.54, 1.807) is 43.3 Å². The maximum absolute atomic E-state index is 15.2. The average molecular weight is 637 g/mol. The number of hydrogen-bond acceptors (Lipinski definition) is 5. The van der Waals surface area contributed by atoms with E-state index < -0.39 is 59.2 Å². The fourth-order valence-electron chi connectivity index (χ4n) is 8.43. The summed E-state index contributed by atoms with van der Waals surface area (Å²) in [5.74, 6) is -10.3. The molecule has 0 aliphatic heterocycles. The SMILES string of the molecule is CCOC(=O)C(CC=Cc1ccc([C@H]2C[C@@]3(C)[C@@H](CC[C@@]3(O)C(F)(F)C(F)(F)F)[C@@H]3CCC4=CC(=O)CCC4=C32)cc1)C(=O)O. The lowest BCUT2D eigenvalue weighted by Crippen LogP contribution is -2.65. The van der Waals surface area contributed by atoms with Crippen LogP contribution in [0.3, 0.4) is 0 Å². The minimum atomic E-state index is -5.92. The molecule has 11 heteroatoms. The van der Waals surface area contributed by atoms with Gasteiger partial charge in [0.1, 0.15) is 5.60 Å². The number of benzene rings is 1. The number of esters is 1.